The summed E-state index contributed by atoms with van der Waals surface area (Å²) in [6.07, 6.45) is 6.20. The Kier molecular flexibility index (Phi) is 4.73. The normalized spacial score (nSPS) is 27.1. The summed E-state index contributed by atoms with van der Waals surface area (Å²) in [5.41, 5.74) is 1.19. The molecule has 2 aromatic rings. The number of thiazole rings is 1. The Morgan fingerprint density at radius 1 is 1.33 bits per heavy atom. The van der Waals surface area contributed by atoms with Gasteiger partial charge in [0, 0.05) is 49.4 Å². The van der Waals surface area contributed by atoms with Crippen LogP contribution in [0.25, 0.3) is 0 Å². The zero-order chi connectivity index (χ0) is 16.4. The zero-order valence-corrected chi connectivity index (χ0v) is 14.7. The number of ether oxygens (including phenoxy) is 1. The van der Waals surface area contributed by atoms with Gasteiger partial charge in [-0.15, -0.1) is 11.3 Å². The third-order valence-corrected chi connectivity index (χ3v) is 5.78. The molecule has 0 unspecified atom stereocenters. The van der Waals surface area contributed by atoms with Crippen molar-refractivity contribution in [3.63, 3.8) is 0 Å². The summed E-state index contributed by atoms with van der Waals surface area (Å²) in [6, 6.07) is 2.34. The molecular weight excluding hydrogens is 322 g/mol. The van der Waals surface area contributed by atoms with Gasteiger partial charge in [-0.1, -0.05) is 0 Å². The van der Waals surface area contributed by atoms with Crippen LogP contribution in [0.3, 0.4) is 0 Å². The fourth-order valence-electron chi connectivity index (χ4n) is 3.85. The molecule has 0 radical (unpaired) electrons. The second-order valence-electron chi connectivity index (χ2n) is 6.52. The van der Waals surface area contributed by atoms with E-state index in [0.29, 0.717) is 24.0 Å². The summed E-state index contributed by atoms with van der Waals surface area (Å²) >= 11 is 1.73. The van der Waals surface area contributed by atoms with Crippen LogP contribution in [0.5, 0.6) is 0 Å². The summed E-state index contributed by atoms with van der Waals surface area (Å²) < 4.78 is 6.14. The van der Waals surface area contributed by atoms with Crippen molar-refractivity contribution in [3.05, 3.63) is 34.5 Å². The van der Waals surface area contributed by atoms with Gasteiger partial charge in [0.2, 0.25) is 5.95 Å². The van der Waals surface area contributed by atoms with E-state index in [4.69, 9.17) is 4.74 Å². The van der Waals surface area contributed by atoms with Gasteiger partial charge in [-0.05, 0) is 25.8 Å². The lowest BCUT2D eigenvalue weighted by Gasteiger charge is -2.39. The average Bonchev–Trinajstić information content (AvgIpc) is 3.21. The van der Waals surface area contributed by atoms with Crippen molar-refractivity contribution in [1.82, 2.24) is 19.9 Å². The molecule has 2 fully saturated rings. The summed E-state index contributed by atoms with van der Waals surface area (Å²) in [5.74, 6) is 1.21. The van der Waals surface area contributed by atoms with Gasteiger partial charge >= 0.3 is 0 Å². The molecule has 0 amide bonds. The van der Waals surface area contributed by atoms with Crippen LogP contribution in [-0.2, 0) is 11.3 Å². The molecule has 2 aliphatic rings. The molecule has 6 nitrogen and oxygen atoms in total. The predicted molar refractivity (Wildman–Crippen MR) is 94.0 cm³/mol. The Hall–Kier alpha value is -1.57. The van der Waals surface area contributed by atoms with Crippen LogP contribution in [0, 0.1) is 12.8 Å². The molecule has 0 bridgehead atoms. The maximum absolute atomic E-state index is 6.14. The number of hydrogen-bond donors (Lipinski definition) is 1. The van der Waals surface area contributed by atoms with E-state index in [0.717, 1.165) is 31.2 Å². The number of morpholine rings is 1. The van der Waals surface area contributed by atoms with E-state index >= 15 is 0 Å². The number of nitrogens with one attached hydrogen (secondary N) is 1. The Morgan fingerprint density at radius 3 is 3.00 bits per heavy atom. The first kappa shape index (κ1) is 15.9. The maximum atomic E-state index is 6.14. The third kappa shape index (κ3) is 3.43. The number of anilines is 1. The largest absolute Gasteiger partial charge is 0.375 e. The minimum Gasteiger partial charge on any atom is -0.375 e. The number of aromatic nitrogens is 3. The molecule has 1 saturated heterocycles. The van der Waals surface area contributed by atoms with Crippen molar-refractivity contribution in [2.45, 2.75) is 38.5 Å². The Labute approximate surface area is 146 Å². The van der Waals surface area contributed by atoms with E-state index in [2.05, 4.69) is 37.5 Å². The Morgan fingerprint density at radius 2 is 2.21 bits per heavy atom. The van der Waals surface area contributed by atoms with Gasteiger partial charge in [-0.25, -0.2) is 15.0 Å². The molecule has 1 aliphatic heterocycles. The number of rotatable bonds is 5. The number of aryl methyl sites for hydroxylation is 1. The SMILES string of the molecule is Cc1nc(CN2CCO[C@@H]3[C@H](CNc4ncccn4)CC[C@H]32)cs1. The molecule has 3 heterocycles. The van der Waals surface area contributed by atoms with Gasteiger partial charge in [0.15, 0.2) is 0 Å². The highest BCUT2D eigenvalue weighted by Crippen LogP contribution is 2.35. The van der Waals surface area contributed by atoms with Crippen molar-refractivity contribution in [2.75, 3.05) is 25.0 Å². The molecule has 3 atom stereocenters. The minimum atomic E-state index is 0.301. The Bertz CT molecular complexity index is 664. The van der Waals surface area contributed by atoms with Crippen LogP contribution >= 0.6 is 11.3 Å². The van der Waals surface area contributed by atoms with Crippen LogP contribution in [0.2, 0.25) is 0 Å². The van der Waals surface area contributed by atoms with Gasteiger partial charge in [0.05, 0.1) is 23.4 Å². The minimum absolute atomic E-state index is 0.301. The summed E-state index contributed by atoms with van der Waals surface area (Å²) in [6.45, 7) is 5.69. The van der Waals surface area contributed by atoms with E-state index < -0.39 is 0 Å². The second-order valence-corrected chi connectivity index (χ2v) is 7.58. The maximum Gasteiger partial charge on any atom is 0.222 e. The fourth-order valence-corrected chi connectivity index (χ4v) is 4.46. The predicted octanol–water partition coefficient (Wildman–Crippen LogP) is 2.33. The average molecular weight is 345 g/mol. The van der Waals surface area contributed by atoms with E-state index in [1.807, 2.05) is 6.07 Å². The standard InChI is InChI=1S/C17H23N5OS/c1-12-21-14(11-24-12)10-22-7-8-23-16-13(3-4-15(16)22)9-20-17-18-5-2-6-19-17/h2,5-6,11,13,15-16H,3-4,7-10H2,1H3,(H,18,19,20)/t13-,15+,16+/m0/s1. The molecular formula is C17H23N5OS. The molecule has 1 saturated carbocycles. The first-order valence-electron chi connectivity index (χ1n) is 8.57. The fraction of sp³-hybridized carbons (Fsp3) is 0.588. The van der Waals surface area contributed by atoms with Gasteiger partial charge in [-0.2, -0.15) is 0 Å². The summed E-state index contributed by atoms with van der Waals surface area (Å²) in [4.78, 5) is 15.7. The number of hydrogen-bond acceptors (Lipinski definition) is 7. The second kappa shape index (κ2) is 7.13. The lowest BCUT2D eigenvalue weighted by molar-refractivity contribution is -0.0748. The zero-order valence-electron chi connectivity index (χ0n) is 13.9. The number of fused-ring (bicyclic) bond motifs is 1. The van der Waals surface area contributed by atoms with Crippen molar-refractivity contribution < 1.29 is 4.74 Å². The highest BCUT2D eigenvalue weighted by Gasteiger charge is 2.42. The van der Waals surface area contributed by atoms with Gasteiger partial charge in [0.1, 0.15) is 0 Å². The molecule has 0 aromatic carbocycles. The molecule has 2 aromatic heterocycles. The molecule has 1 N–H and O–H groups in total. The Balaban J connectivity index is 1.37. The van der Waals surface area contributed by atoms with Gasteiger partial charge < -0.3 is 10.1 Å². The lowest BCUT2D eigenvalue weighted by atomic mass is 10.0. The lowest BCUT2D eigenvalue weighted by Crippen LogP contribution is -2.50. The van der Waals surface area contributed by atoms with Gasteiger partial charge in [-0.3, -0.25) is 4.90 Å². The van der Waals surface area contributed by atoms with Crippen molar-refractivity contribution in [1.29, 1.82) is 0 Å². The molecule has 4 rings (SSSR count). The number of nitrogens with zero attached hydrogens (tertiary/aromatic N) is 4. The highest BCUT2D eigenvalue weighted by molar-refractivity contribution is 7.09. The van der Waals surface area contributed by atoms with Crippen molar-refractivity contribution >= 4 is 17.3 Å². The summed E-state index contributed by atoms with van der Waals surface area (Å²) in [7, 11) is 0. The first-order valence-corrected chi connectivity index (χ1v) is 9.45. The van der Waals surface area contributed by atoms with E-state index in [1.54, 1.807) is 23.7 Å². The summed E-state index contributed by atoms with van der Waals surface area (Å²) in [5, 5.41) is 6.68. The van der Waals surface area contributed by atoms with Crippen LogP contribution < -0.4 is 5.32 Å². The van der Waals surface area contributed by atoms with Crippen molar-refractivity contribution in [2.24, 2.45) is 5.92 Å². The van der Waals surface area contributed by atoms with E-state index in [9.17, 15) is 0 Å². The van der Waals surface area contributed by atoms with Crippen LogP contribution in [0.1, 0.15) is 23.5 Å². The van der Waals surface area contributed by atoms with Crippen molar-refractivity contribution in [3.8, 4) is 0 Å². The third-order valence-electron chi connectivity index (χ3n) is 4.95. The smallest absolute Gasteiger partial charge is 0.222 e. The van der Waals surface area contributed by atoms with E-state index in [1.165, 1.54) is 18.5 Å². The highest BCUT2D eigenvalue weighted by atomic mass is 32.1. The quantitative estimate of drug-likeness (QED) is 0.897. The van der Waals surface area contributed by atoms with Gasteiger partial charge in [0.25, 0.3) is 0 Å². The van der Waals surface area contributed by atoms with Crippen LogP contribution in [-0.4, -0.2) is 51.7 Å². The molecule has 7 heteroatoms. The van der Waals surface area contributed by atoms with E-state index in [-0.39, 0.29) is 0 Å². The van der Waals surface area contributed by atoms with Crippen LogP contribution in [0.15, 0.2) is 23.8 Å². The molecule has 1 aliphatic carbocycles. The van der Waals surface area contributed by atoms with Crippen LogP contribution in [0.4, 0.5) is 5.95 Å². The monoisotopic (exact) mass is 345 g/mol. The molecule has 0 spiro atoms. The molecule has 24 heavy (non-hydrogen) atoms. The molecule has 128 valence electrons. The topological polar surface area (TPSA) is 63.2 Å². The first-order chi connectivity index (χ1) is 11.8.